The lowest BCUT2D eigenvalue weighted by Gasteiger charge is -2.20. The van der Waals surface area contributed by atoms with Crippen molar-refractivity contribution in [3.63, 3.8) is 0 Å². The maximum Gasteiger partial charge on any atom is 0.338 e. The molecule has 0 amide bonds. The molecule has 0 radical (unpaired) electrons. The van der Waals surface area contributed by atoms with Crippen LogP contribution in [0.2, 0.25) is 0 Å². The van der Waals surface area contributed by atoms with Crippen LogP contribution < -0.4 is 0 Å². The number of ether oxygens (including phenoxy) is 1. The van der Waals surface area contributed by atoms with Crippen molar-refractivity contribution < 1.29 is 14.6 Å². The number of carbonyl (C=O) groups is 1. The van der Waals surface area contributed by atoms with Gasteiger partial charge in [0, 0.05) is 5.33 Å². The van der Waals surface area contributed by atoms with Crippen molar-refractivity contribution in [3.8, 4) is 0 Å². The molecule has 11 heavy (non-hydrogen) atoms. The van der Waals surface area contributed by atoms with E-state index in [2.05, 4.69) is 20.7 Å². The molecule has 1 atom stereocenters. The molecule has 0 aromatic heterocycles. The Morgan fingerprint density at radius 1 is 1.64 bits per heavy atom. The molecule has 0 unspecified atom stereocenters. The third-order valence-electron chi connectivity index (χ3n) is 1.46. The number of alkyl halides is 1. The number of carbonyl (C=O) groups excluding carboxylic acids is 1. The quantitative estimate of drug-likeness (QED) is 0.575. The van der Waals surface area contributed by atoms with E-state index in [4.69, 9.17) is 0 Å². The molecule has 0 saturated carbocycles. The van der Waals surface area contributed by atoms with E-state index < -0.39 is 11.6 Å². The Morgan fingerprint density at radius 2 is 2.18 bits per heavy atom. The SMILES string of the molecule is CCOC(=O)[C@@](O)(CC)CBr. The second kappa shape index (κ2) is 4.72. The maximum absolute atomic E-state index is 11.0. The lowest BCUT2D eigenvalue weighted by molar-refractivity contribution is -0.162. The van der Waals surface area contributed by atoms with Crippen molar-refractivity contribution in [3.05, 3.63) is 0 Å². The zero-order valence-corrected chi connectivity index (χ0v) is 8.35. The van der Waals surface area contributed by atoms with Gasteiger partial charge in [-0.3, -0.25) is 0 Å². The predicted molar refractivity (Wildman–Crippen MR) is 45.7 cm³/mol. The van der Waals surface area contributed by atoms with Gasteiger partial charge in [-0.05, 0) is 13.3 Å². The molecule has 3 nitrogen and oxygen atoms in total. The first-order valence-corrected chi connectivity index (χ1v) is 4.68. The molecule has 4 heteroatoms. The first-order valence-electron chi connectivity index (χ1n) is 3.56. The van der Waals surface area contributed by atoms with Crippen LogP contribution in [-0.4, -0.2) is 28.6 Å². The van der Waals surface area contributed by atoms with Gasteiger partial charge in [0.15, 0.2) is 5.60 Å². The maximum atomic E-state index is 11.0. The van der Waals surface area contributed by atoms with Crippen LogP contribution in [0.4, 0.5) is 0 Å². The first kappa shape index (κ1) is 10.9. The van der Waals surface area contributed by atoms with Crippen LogP contribution in [0.25, 0.3) is 0 Å². The summed E-state index contributed by atoms with van der Waals surface area (Å²) in [6.07, 6.45) is 0.358. The normalized spacial score (nSPS) is 15.6. The number of hydrogen-bond donors (Lipinski definition) is 1. The number of halogens is 1. The van der Waals surface area contributed by atoms with Crippen molar-refractivity contribution in [2.45, 2.75) is 25.9 Å². The summed E-state index contributed by atoms with van der Waals surface area (Å²) in [5.74, 6) is -0.556. The standard InChI is InChI=1S/C7H13BrO3/c1-3-7(10,5-8)6(9)11-4-2/h10H,3-5H2,1-2H3/t7-/m1/s1. The summed E-state index contributed by atoms with van der Waals surface area (Å²) >= 11 is 3.05. The molecule has 0 rings (SSSR count). The highest BCUT2D eigenvalue weighted by Gasteiger charge is 2.34. The summed E-state index contributed by atoms with van der Waals surface area (Å²) in [5, 5.41) is 9.72. The van der Waals surface area contributed by atoms with E-state index in [-0.39, 0.29) is 5.33 Å². The van der Waals surface area contributed by atoms with Crippen molar-refractivity contribution in [2.75, 3.05) is 11.9 Å². The smallest absolute Gasteiger partial charge is 0.338 e. The van der Waals surface area contributed by atoms with E-state index >= 15 is 0 Å². The van der Waals surface area contributed by atoms with E-state index in [0.717, 1.165) is 0 Å². The first-order chi connectivity index (χ1) is 5.10. The second-order valence-electron chi connectivity index (χ2n) is 2.24. The third-order valence-corrected chi connectivity index (χ3v) is 2.39. The number of rotatable bonds is 4. The highest BCUT2D eigenvalue weighted by molar-refractivity contribution is 9.09. The van der Waals surface area contributed by atoms with E-state index in [1.807, 2.05) is 0 Å². The van der Waals surface area contributed by atoms with Crippen LogP contribution >= 0.6 is 15.9 Å². The Kier molecular flexibility index (Phi) is 4.68. The second-order valence-corrected chi connectivity index (χ2v) is 2.80. The van der Waals surface area contributed by atoms with E-state index in [1.54, 1.807) is 13.8 Å². The van der Waals surface area contributed by atoms with Crippen molar-refractivity contribution in [1.82, 2.24) is 0 Å². The van der Waals surface area contributed by atoms with Gasteiger partial charge in [-0.15, -0.1) is 0 Å². The fraction of sp³-hybridized carbons (Fsp3) is 0.857. The van der Waals surface area contributed by atoms with Gasteiger partial charge < -0.3 is 9.84 Å². The van der Waals surface area contributed by atoms with Crippen molar-refractivity contribution >= 4 is 21.9 Å². The molecular weight excluding hydrogens is 212 g/mol. The molecule has 0 aromatic carbocycles. The molecule has 0 aliphatic rings. The lowest BCUT2D eigenvalue weighted by Crippen LogP contribution is -2.41. The van der Waals surface area contributed by atoms with Gasteiger partial charge in [0.2, 0.25) is 0 Å². The number of hydrogen-bond acceptors (Lipinski definition) is 3. The van der Waals surface area contributed by atoms with Gasteiger partial charge in [-0.2, -0.15) is 0 Å². The zero-order valence-electron chi connectivity index (χ0n) is 6.76. The molecule has 0 heterocycles. The number of esters is 1. The fourth-order valence-electron chi connectivity index (χ4n) is 0.559. The molecule has 0 saturated heterocycles. The van der Waals surface area contributed by atoms with E-state index in [0.29, 0.717) is 13.0 Å². The van der Waals surface area contributed by atoms with Gasteiger partial charge in [-0.1, -0.05) is 22.9 Å². The van der Waals surface area contributed by atoms with Crippen LogP contribution in [0.1, 0.15) is 20.3 Å². The summed E-state index contributed by atoms with van der Waals surface area (Å²) in [6.45, 7) is 3.74. The number of aliphatic hydroxyl groups is 1. The molecule has 0 bridgehead atoms. The summed E-state index contributed by atoms with van der Waals surface area (Å²) < 4.78 is 4.67. The highest BCUT2D eigenvalue weighted by Crippen LogP contribution is 2.14. The van der Waals surface area contributed by atoms with Gasteiger partial charge in [0.05, 0.1) is 6.61 Å². The molecule has 0 spiro atoms. The third kappa shape index (κ3) is 2.79. The van der Waals surface area contributed by atoms with E-state index in [1.165, 1.54) is 0 Å². The topological polar surface area (TPSA) is 46.5 Å². The largest absolute Gasteiger partial charge is 0.464 e. The molecular formula is C7H13BrO3. The summed E-state index contributed by atoms with van der Waals surface area (Å²) in [7, 11) is 0. The molecule has 0 aliphatic heterocycles. The fourth-order valence-corrected chi connectivity index (χ4v) is 1.18. The molecule has 0 aliphatic carbocycles. The van der Waals surface area contributed by atoms with Crippen LogP contribution in [0.15, 0.2) is 0 Å². The Balaban J connectivity index is 4.12. The molecule has 0 fully saturated rings. The Morgan fingerprint density at radius 3 is 2.45 bits per heavy atom. The Labute approximate surface area is 74.9 Å². The monoisotopic (exact) mass is 224 g/mol. The minimum atomic E-state index is -1.35. The van der Waals surface area contributed by atoms with Gasteiger partial charge in [0.1, 0.15) is 0 Å². The Bertz CT molecular complexity index is 132. The van der Waals surface area contributed by atoms with Gasteiger partial charge in [0.25, 0.3) is 0 Å². The van der Waals surface area contributed by atoms with Crippen LogP contribution in [-0.2, 0) is 9.53 Å². The zero-order chi connectivity index (χ0) is 8.91. The predicted octanol–water partition coefficient (Wildman–Crippen LogP) is 1.09. The van der Waals surface area contributed by atoms with E-state index in [9.17, 15) is 9.90 Å². The summed E-state index contributed by atoms with van der Waals surface area (Å²) in [4.78, 5) is 11.0. The summed E-state index contributed by atoms with van der Waals surface area (Å²) in [6, 6.07) is 0. The molecule has 1 N–H and O–H groups in total. The van der Waals surface area contributed by atoms with Crippen LogP contribution in [0, 0.1) is 0 Å². The van der Waals surface area contributed by atoms with Gasteiger partial charge >= 0.3 is 5.97 Å². The van der Waals surface area contributed by atoms with Gasteiger partial charge in [-0.25, -0.2) is 4.79 Å². The highest BCUT2D eigenvalue weighted by atomic mass is 79.9. The lowest BCUT2D eigenvalue weighted by atomic mass is 10.0. The molecule has 66 valence electrons. The van der Waals surface area contributed by atoms with Crippen LogP contribution in [0.5, 0.6) is 0 Å². The minimum absolute atomic E-state index is 0.218. The van der Waals surface area contributed by atoms with Crippen LogP contribution in [0.3, 0.4) is 0 Å². The Hall–Kier alpha value is -0.0900. The summed E-state index contributed by atoms with van der Waals surface area (Å²) in [5.41, 5.74) is -1.35. The van der Waals surface area contributed by atoms with Crippen molar-refractivity contribution in [1.29, 1.82) is 0 Å². The average Bonchev–Trinajstić information content (AvgIpc) is 2.03. The average molecular weight is 225 g/mol. The minimum Gasteiger partial charge on any atom is -0.464 e. The van der Waals surface area contributed by atoms with Crippen molar-refractivity contribution in [2.24, 2.45) is 0 Å². The molecule has 0 aromatic rings.